The highest BCUT2D eigenvalue weighted by molar-refractivity contribution is 6.77. The SMILES string of the molecule is COC(=O)C(N)CC(C)CCO[Si](C(C)C)(C(C)C)C(C)C. The number of methoxy groups -OCH3 is 1. The smallest absolute Gasteiger partial charge is 0.322 e. The fourth-order valence-electron chi connectivity index (χ4n) is 3.74. The fraction of sp³-hybridized carbons (Fsp3) is 0.941. The van der Waals surface area contributed by atoms with E-state index in [4.69, 9.17) is 10.2 Å². The summed E-state index contributed by atoms with van der Waals surface area (Å²) in [6, 6.07) is -0.526. The van der Waals surface area contributed by atoms with Gasteiger partial charge < -0.3 is 14.9 Å². The summed E-state index contributed by atoms with van der Waals surface area (Å²) in [5.41, 5.74) is 7.62. The van der Waals surface area contributed by atoms with Gasteiger partial charge in [0, 0.05) is 6.61 Å². The Morgan fingerprint density at radius 1 is 1.00 bits per heavy atom. The average Bonchev–Trinajstić information content (AvgIpc) is 2.41. The number of rotatable bonds is 10. The van der Waals surface area contributed by atoms with Crippen molar-refractivity contribution in [1.82, 2.24) is 0 Å². The van der Waals surface area contributed by atoms with Crippen LogP contribution in [0.1, 0.15) is 61.3 Å². The first-order valence-corrected chi connectivity index (χ1v) is 10.7. The molecule has 0 radical (unpaired) electrons. The molecule has 0 fully saturated rings. The first kappa shape index (κ1) is 21.6. The van der Waals surface area contributed by atoms with E-state index in [-0.39, 0.29) is 5.97 Å². The van der Waals surface area contributed by atoms with Crippen LogP contribution in [0, 0.1) is 5.92 Å². The second kappa shape index (κ2) is 9.68. The standard InChI is InChI=1S/C17H37NO3Si/c1-12(2)22(13(3)4,14(5)6)21-10-9-15(7)11-16(18)17(19)20-8/h12-16H,9-11,18H2,1-8H3. The Kier molecular flexibility index (Phi) is 9.51. The summed E-state index contributed by atoms with van der Waals surface area (Å²) in [7, 11) is -0.407. The van der Waals surface area contributed by atoms with Crippen LogP contribution in [0.4, 0.5) is 0 Å². The topological polar surface area (TPSA) is 61.5 Å². The first-order valence-electron chi connectivity index (χ1n) is 8.56. The maximum Gasteiger partial charge on any atom is 0.322 e. The van der Waals surface area contributed by atoms with Crippen LogP contribution in [0.3, 0.4) is 0 Å². The molecule has 4 nitrogen and oxygen atoms in total. The quantitative estimate of drug-likeness (QED) is 0.484. The zero-order valence-corrected chi connectivity index (χ0v) is 16.8. The van der Waals surface area contributed by atoms with Crippen LogP contribution in [0.15, 0.2) is 0 Å². The minimum absolute atomic E-state index is 0.331. The third-order valence-electron chi connectivity index (χ3n) is 4.83. The maximum atomic E-state index is 11.4. The molecule has 0 aliphatic rings. The lowest BCUT2D eigenvalue weighted by Gasteiger charge is -2.42. The Morgan fingerprint density at radius 2 is 1.45 bits per heavy atom. The zero-order valence-electron chi connectivity index (χ0n) is 15.8. The van der Waals surface area contributed by atoms with Crippen LogP contribution in [-0.2, 0) is 14.0 Å². The minimum atomic E-state index is -1.79. The molecule has 0 saturated carbocycles. The molecule has 0 aliphatic heterocycles. The van der Waals surface area contributed by atoms with E-state index in [2.05, 4.69) is 53.2 Å². The molecule has 2 unspecified atom stereocenters. The highest BCUT2D eigenvalue weighted by atomic mass is 28.4. The molecule has 5 heteroatoms. The van der Waals surface area contributed by atoms with Crippen molar-refractivity contribution in [2.24, 2.45) is 11.7 Å². The lowest BCUT2D eigenvalue weighted by Crippen LogP contribution is -2.48. The van der Waals surface area contributed by atoms with Gasteiger partial charge in [-0.05, 0) is 35.4 Å². The van der Waals surface area contributed by atoms with Crippen molar-refractivity contribution in [3.05, 3.63) is 0 Å². The molecule has 0 heterocycles. The number of carbonyl (C=O) groups is 1. The number of carbonyl (C=O) groups excluding carboxylic acids is 1. The molecule has 0 aromatic rings. The van der Waals surface area contributed by atoms with Gasteiger partial charge >= 0.3 is 5.97 Å². The summed E-state index contributed by atoms with van der Waals surface area (Å²) in [5, 5.41) is 0. The molecule has 22 heavy (non-hydrogen) atoms. The van der Waals surface area contributed by atoms with Crippen LogP contribution in [0.5, 0.6) is 0 Å². The molecule has 0 aromatic heterocycles. The van der Waals surface area contributed by atoms with Gasteiger partial charge in [0.25, 0.3) is 0 Å². The highest BCUT2D eigenvalue weighted by Gasteiger charge is 2.44. The van der Waals surface area contributed by atoms with Crippen molar-refractivity contribution >= 4 is 14.3 Å². The summed E-state index contributed by atoms with van der Waals surface area (Å²) >= 11 is 0. The number of nitrogens with two attached hydrogens (primary N) is 1. The third-order valence-corrected chi connectivity index (χ3v) is 10.9. The Hall–Kier alpha value is -0.393. The molecule has 2 N–H and O–H groups in total. The number of ether oxygens (including phenoxy) is 1. The van der Waals surface area contributed by atoms with Gasteiger partial charge in [-0.25, -0.2) is 0 Å². The number of hydrogen-bond acceptors (Lipinski definition) is 4. The van der Waals surface area contributed by atoms with Gasteiger partial charge in [-0.1, -0.05) is 48.5 Å². The second-order valence-corrected chi connectivity index (χ2v) is 12.9. The number of esters is 1. The molecule has 0 rings (SSSR count). The fourth-order valence-corrected chi connectivity index (χ4v) is 9.21. The summed E-state index contributed by atoms with van der Waals surface area (Å²) in [5.74, 6) is 0.0234. The largest absolute Gasteiger partial charge is 0.468 e. The van der Waals surface area contributed by atoms with E-state index in [0.717, 1.165) is 13.0 Å². The van der Waals surface area contributed by atoms with Crippen molar-refractivity contribution in [1.29, 1.82) is 0 Å². The molecule has 0 bridgehead atoms. The van der Waals surface area contributed by atoms with Crippen molar-refractivity contribution in [3.63, 3.8) is 0 Å². The third kappa shape index (κ3) is 5.67. The van der Waals surface area contributed by atoms with Crippen molar-refractivity contribution in [2.45, 2.75) is 84.0 Å². The van der Waals surface area contributed by atoms with Crippen LogP contribution >= 0.6 is 0 Å². The van der Waals surface area contributed by atoms with Gasteiger partial charge in [-0.2, -0.15) is 0 Å². The van der Waals surface area contributed by atoms with E-state index in [1.54, 1.807) is 0 Å². The normalized spacial score (nSPS) is 15.5. The molecular weight excluding hydrogens is 294 g/mol. The maximum absolute atomic E-state index is 11.4. The van der Waals surface area contributed by atoms with Gasteiger partial charge in [-0.3, -0.25) is 4.79 Å². The molecule has 0 saturated heterocycles. The molecule has 0 amide bonds. The van der Waals surface area contributed by atoms with Crippen molar-refractivity contribution < 1.29 is 14.0 Å². The van der Waals surface area contributed by atoms with Gasteiger partial charge in [0.15, 0.2) is 8.32 Å². The lowest BCUT2D eigenvalue weighted by atomic mass is 9.99. The Labute approximate surface area is 138 Å². The van der Waals surface area contributed by atoms with E-state index in [1.807, 2.05) is 0 Å². The van der Waals surface area contributed by atoms with E-state index in [0.29, 0.717) is 29.0 Å². The molecule has 2 atom stereocenters. The predicted octanol–water partition coefficient (Wildman–Crippen LogP) is 4.10. The van der Waals surface area contributed by atoms with Crippen molar-refractivity contribution in [2.75, 3.05) is 13.7 Å². The zero-order chi connectivity index (χ0) is 17.5. The van der Waals surface area contributed by atoms with E-state index < -0.39 is 14.4 Å². The van der Waals surface area contributed by atoms with Gasteiger partial charge in [0.05, 0.1) is 7.11 Å². The summed E-state index contributed by atoms with van der Waals surface area (Å²) in [6.07, 6.45) is 1.58. The van der Waals surface area contributed by atoms with Gasteiger partial charge in [0.1, 0.15) is 6.04 Å². The molecular formula is C17H37NO3Si. The Balaban J connectivity index is 4.54. The van der Waals surface area contributed by atoms with Crippen LogP contribution in [0.25, 0.3) is 0 Å². The molecule has 0 aromatic carbocycles. The monoisotopic (exact) mass is 331 g/mol. The second-order valence-electron chi connectivity index (χ2n) is 7.43. The predicted molar refractivity (Wildman–Crippen MR) is 95.4 cm³/mol. The first-order chi connectivity index (χ1) is 10.1. The van der Waals surface area contributed by atoms with Crippen molar-refractivity contribution in [3.8, 4) is 0 Å². The van der Waals surface area contributed by atoms with Gasteiger partial charge in [-0.15, -0.1) is 0 Å². The van der Waals surface area contributed by atoms with Crippen LogP contribution < -0.4 is 5.73 Å². The van der Waals surface area contributed by atoms with E-state index >= 15 is 0 Å². The highest BCUT2D eigenvalue weighted by Crippen LogP contribution is 2.42. The van der Waals surface area contributed by atoms with E-state index in [9.17, 15) is 4.79 Å². The Morgan fingerprint density at radius 3 is 1.82 bits per heavy atom. The van der Waals surface area contributed by atoms with Gasteiger partial charge in [0.2, 0.25) is 0 Å². The van der Waals surface area contributed by atoms with Crippen LogP contribution in [-0.4, -0.2) is 34.0 Å². The summed E-state index contributed by atoms with van der Waals surface area (Å²) in [4.78, 5) is 11.4. The van der Waals surface area contributed by atoms with Crippen LogP contribution in [0.2, 0.25) is 16.6 Å². The Bertz CT molecular complexity index is 310. The molecule has 0 aliphatic carbocycles. The summed E-state index contributed by atoms with van der Waals surface area (Å²) in [6.45, 7) is 16.6. The summed E-state index contributed by atoms with van der Waals surface area (Å²) < 4.78 is 11.2. The minimum Gasteiger partial charge on any atom is -0.468 e. The van der Waals surface area contributed by atoms with E-state index in [1.165, 1.54) is 7.11 Å². The lowest BCUT2D eigenvalue weighted by molar-refractivity contribution is -0.142. The number of hydrogen-bond donors (Lipinski definition) is 1. The molecule has 132 valence electrons. The average molecular weight is 332 g/mol. The molecule has 0 spiro atoms.